The van der Waals surface area contributed by atoms with Gasteiger partial charge in [-0.1, -0.05) is 19.1 Å². The summed E-state index contributed by atoms with van der Waals surface area (Å²) in [7, 11) is 1.65. The SMILES string of the molecule is CCc1ccc(C(N)c2ccc(OC)cc2)o1. The van der Waals surface area contributed by atoms with Crippen LogP contribution < -0.4 is 10.5 Å². The number of nitrogens with two attached hydrogens (primary N) is 1. The van der Waals surface area contributed by atoms with Crippen LogP contribution in [0, 0.1) is 0 Å². The van der Waals surface area contributed by atoms with Gasteiger partial charge in [-0.15, -0.1) is 0 Å². The molecule has 1 aromatic carbocycles. The summed E-state index contributed by atoms with van der Waals surface area (Å²) < 4.78 is 10.8. The van der Waals surface area contributed by atoms with Crippen molar-refractivity contribution in [2.24, 2.45) is 5.73 Å². The molecular weight excluding hydrogens is 214 g/mol. The van der Waals surface area contributed by atoms with Gasteiger partial charge in [0, 0.05) is 6.42 Å². The van der Waals surface area contributed by atoms with Gasteiger partial charge in [0.25, 0.3) is 0 Å². The number of rotatable bonds is 4. The van der Waals surface area contributed by atoms with E-state index in [0.717, 1.165) is 29.3 Å². The van der Waals surface area contributed by atoms with Gasteiger partial charge in [-0.2, -0.15) is 0 Å². The number of ether oxygens (including phenoxy) is 1. The predicted octanol–water partition coefficient (Wildman–Crippen LogP) is 2.90. The average Bonchev–Trinajstić information content (AvgIpc) is 2.87. The smallest absolute Gasteiger partial charge is 0.125 e. The summed E-state index contributed by atoms with van der Waals surface area (Å²) >= 11 is 0. The summed E-state index contributed by atoms with van der Waals surface area (Å²) in [6, 6.07) is 11.4. The van der Waals surface area contributed by atoms with Crippen molar-refractivity contribution in [2.45, 2.75) is 19.4 Å². The molecule has 0 saturated heterocycles. The maximum atomic E-state index is 6.14. The van der Waals surface area contributed by atoms with E-state index in [2.05, 4.69) is 6.92 Å². The van der Waals surface area contributed by atoms with E-state index in [1.54, 1.807) is 7.11 Å². The van der Waals surface area contributed by atoms with Crippen LogP contribution in [0.1, 0.15) is 30.0 Å². The molecule has 2 aromatic rings. The number of hydrogen-bond donors (Lipinski definition) is 1. The van der Waals surface area contributed by atoms with Crippen LogP contribution in [0.25, 0.3) is 0 Å². The zero-order valence-corrected chi connectivity index (χ0v) is 10.1. The quantitative estimate of drug-likeness (QED) is 0.880. The van der Waals surface area contributed by atoms with Crippen molar-refractivity contribution in [3.05, 3.63) is 53.5 Å². The van der Waals surface area contributed by atoms with Crippen molar-refractivity contribution in [3.8, 4) is 5.75 Å². The molecule has 1 aromatic heterocycles. The number of hydrogen-bond acceptors (Lipinski definition) is 3. The second-order valence-corrected chi connectivity index (χ2v) is 3.91. The highest BCUT2D eigenvalue weighted by molar-refractivity contribution is 5.32. The molecule has 1 unspecified atom stereocenters. The Bertz CT molecular complexity index is 473. The van der Waals surface area contributed by atoms with Gasteiger partial charge in [0.15, 0.2) is 0 Å². The molecule has 0 bridgehead atoms. The zero-order valence-electron chi connectivity index (χ0n) is 10.1. The van der Waals surface area contributed by atoms with Gasteiger partial charge in [-0.25, -0.2) is 0 Å². The van der Waals surface area contributed by atoms with Gasteiger partial charge in [0.2, 0.25) is 0 Å². The molecule has 0 aliphatic heterocycles. The second-order valence-electron chi connectivity index (χ2n) is 3.91. The molecule has 2 N–H and O–H groups in total. The van der Waals surface area contributed by atoms with Gasteiger partial charge >= 0.3 is 0 Å². The minimum atomic E-state index is -0.221. The maximum Gasteiger partial charge on any atom is 0.125 e. The largest absolute Gasteiger partial charge is 0.497 e. The predicted molar refractivity (Wildman–Crippen MR) is 67.1 cm³/mol. The molecule has 0 aliphatic carbocycles. The van der Waals surface area contributed by atoms with E-state index in [1.807, 2.05) is 36.4 Å². The number of aryl methyl sites for hydroxylation is 1. The highest BCUT2D eigenvalue weighted by Crippen LogP contribution is 2.23. The molecular formula is C14H17NO2. The van der Waals surface area contributed by atoms with E-state index in [1.165, 1.54) is 0 Å². The van der Waals surface area contributed by atoms with Gasteiger partial charge in [0.1, 0.15) is 17.3 Å². The van der Waals surface area contributed by atoms with Crippen LogP contribution in [0.4, 0.5) is 0 Å². The Hall–Kier alpha value is -1.74. The highest BCUT2D eigenvalue weighted by Gasteiger charge is 2.12. The van der Waals surface area contributed by atoms with E-state index < -0.39 is 0 Å². The molecule has 0 fully saturated rings. The zero-order chi connectivity index (χ0) is 12.3. The fourth-order valence-electron chi connectivity index (χ4n) is 1.73. The Morgan fingerprint density at radius 1 is 1.18 bits per heavy atom. The Morgan fingerprint density at radius 2 is 1.88 bits per heavy atom. The van der Waals surface area contributed by atoms with Crippen molar-refractivity contribution in [2.75, 3.05) is 7.11 Å². The van der Waals surface area contributed by atoms with E-state index in [4.69, 9.17) is 14.9 Å². The van der Waals surface area contributed by atoms with Crippen LogP contribution in [0.15, 0.2) is 40.8 Å². The Balaban J connectivity index is 2.20. The number of methoxy groups -OCH3 is 1. The molecule has 3 heteroatoms. The van der Waals surface area contributed by atoms with E-state index >= 15 is 0 Å². The minimum absolute atomic E-state index is 0.221. The van der Waals surface area contributed by atoms with Crippen LogP contribution >= 0.6 is 0 Å². The van der Waals surface area contributed by atoms with Crippen molar-refractivity contribution in [1.29, 1.82) is 0 Å². The fourth-order valence-corrected chi connectivity index (χ4v) is 1.73. The van der Waals surface area contributed by atoms with Crippen molar-refractivity contribution in [3.63, 3.8) is 0 Å². The lowest BCUT2D eigenvalue weighted by Gasteiger charge is -2.09. The number of furan rings is 1. The Labute approximate surface area is 101 Å². The summed E-state index contributed by atoms with van der Waals surface area (Å²) in [6.07, 6.45) is 0.884. The first kappa shape index (κ1) is 11.7. The van der Waals surface area contributed by atoms with E-state index in [-0.39, 0.29) is 6.04 Å². The molecule has 0 amide bonds. The summed E-state index contributed by atoms with van der Waals surface area (Å²) in [6.45, 7) is 2.06. The molecule has 0 aliphatic rings. The number of benzene rings is 1. The molecule has 2 rings (SSSR count). The summed E-state index contributed by atoms with van der Waals surface area (Å²) in [5, 5.41) is 0. The lowest BCUT2D eigenvalue weighted by molar-refractivity contribution is 0.414. The third kappa shape index (κ3) is 2.50. The van der Waals surface area contributed by atoms with Crippen LogP contribution in [-0.4, -0.2) is 7.11 Å². The Kier molecular flexibility index (Phi) is 3.49. The van der Waals surface area contributed by atoms with Crippen molar-refractivity contribution in [1.82, 2.24) is 0 Å². The first-order chi connectivity index (χ1) is 8.24. The summed E-state index contributed by atoms with van der Waals surface area (Å²) in [5.41, 5.74) is 7.16. The molecule has 0 spiro atoms. The molecule has 17 heavy (non-hydrogen) atoms. The molecule has 1 heterocycles. The molecule has 90 valence electrons. The van der Waals surface area contributed by atoms with Gasteiger partial charge in [-0.05, 0) is 29.8 Å². The molecule has 0 radical (unpaired) electrons. The first-order valence-corrected chi connectivity index (χ1v) is 5.72. The minimum Gasteiger partial charge on any atom is -0.497 e. The average molecular weight is 231 g/mol. The van der Waals surface area contributed by atoms with Gasteiger partial charge in [0.05, 0.1) is 13.2 Å². The van der Waals surface area contributed by atoms with Crippen LogP contribution in [0.5, 0.6) is 5.75 Å². The highest BCUT2D eigenvalue weighted by atomic mass is 16.5. The molecule has 1 atom stereocenters. The lowest BCUT2D eigenvalue weighted by atomic mass is 10.1. The van der Waals surface area contributed by atoms with E-state index in [0.29, 0.717) is 0 Å². The molecule has 0 saturated carbocycles. The third-order valence-electron chi connectivity index (χ3n) is 2.81. The summed E-state index contributed by atoms with van der Waals surface area (Å²) in [4.78, 5) is 0. The van der Waals surface area contributed by atoms with Crippen molar-refractivity contribution >= 4 is 0 Å². The van der Waals surface area contributed by atoms with E-state index in [9.17, 15) is 0 Å². The Morgan fingerprint density at radius 3 is 2.41 bits per heavy atom. The van der Waals surface area contributed by atoms with Crippen LogP contribution in [0.2, 0.25) is 0 Å². The standard InChI is InChI=1S/C14H17NO2/c1-3-11-8-9-13(17-11)14(15)10-4-6-12(16-2)7-5-10/h4-9,14H,3,15H2,1-2H3. The topological polar surface area (TPSA) is 48.4 Å². The summed E-state index contributed by atoms with van der Waals surface area (Å²) in [5.74, 6) is 2.59. The first-order valence-electron chi connectivity index (χ1n) is 5.72. The fraction of sp³-hybridized carbons (Fsp3) is 0.286. The van der Waals surface area contributed by atoms with Crippen LogP contribution in [0.3, 0.4) is 0 Å². The normalized spacial score (nSPS) is 12.4. The maximum absolute atomic E-state index is 6.14. The van der Waals surface area contributed by atoms with Gasteiger partial charge in [-0.3, -0.25) is 0 Å². The molecule has 3 nitrogen and oxygen atoms in total. The van der Waals surface area contributed by atoms with Crippen molar-refractivity contribution < 1.29 is 9.15 Å². The van der Waals surface area contributed by atoms with Gasteiger partial charge < -0.3 is 14.9 Å². The second kappa shape index (κ2) is 5.06. The lowest BCUT2D eigenvalue weighted by Crippen LogP contribution is -2.10. The third-order valence-corrected chi connectivity index (χ3v) is 2.81. The van der Waals surface area contributed by atoms with Crippen LogP contribution in [-0.2, 0) is 6.42 Å². The monoisotopic (exact) mass is 231 g/mol.